The highest BCUT2D eigenvalue weighted by Gasteiger charge is 2.39. The van der Waals surface area contributed by atoms with Gasteiger partial charge >= 0.3 is 0 Å². The predicted octanol–water partition coefficient (Wildman–Crippen LogP) is 2.85. The molecule has 2 fully saturated rings. The molecule has 0 aromatic heterocycles. The molecule has 5 nitrogen and oxygen atoms in total. The summed E-state index contributed by atoms with van der Waals surface area (Å²) >= 11 is 0. The Morgan fingerprint density at radius 3 is 2.40 bits per heavy atom. The van der Waals surface area contributed by atoms with Crippen molar-refractivity contribution < 1.29 is 13.2 Å². The van der Waals surface area contributed by atoms with E-state index in [4.69, 9.17) is 0 Å². The molecule has 1 aromatic carbocycles. The van der Waals surface area contributed by atoms with Crippen molar-refractivity contribution in [3.05, 3.63) is 29.8 Å². The number of hydrogen-bond acceptors (Lipinski definition) is 3. The Labute approximate surface area is 150 Å². The molecular weight excluding hydrogens is 336 g/mol. The van der Waals surface area contributed by atoms with Crippen LogP contribution in [0.25, 0.3) is 0 Å². The zero-order chi connectivity index (χ0) is 17.9. The summed E-state index contributed by atoms with van der Waals surface area (Å²) in [5, 5.41) is 3.09. The summed E-state index contributed by atoms with van der Waals surface area (Å²) in [5.74, 6) is -0.127. The molecule has 1 atom stereocenters. The Bertz CT molecular complexity index is 694. The second kappa shape index (κ2) is 7.87. The minimum absolute atomic E-state index is 0.127. The third-order valence-corrected chi connectivity index (χ3v) is 7.32. The fraction of sp³-hybridized carbons (Fsp3) is 0.632. The standard InChI is InChI=1S/C19H28N2O3S/c1-2-15-10-12-17(13-11-15)25(23,24)21-14-6-9-18(21)19(22)20-16-7-4-3-5-8-16/h10-13,16,18H,2-9,14H2,1H3,(H,20,22)/t18-/m1/s1. The molecule has 138 valence electrons. The zero-order valence-electron chi connectivity index (χ0n) is 14.9. The van der Waals surface area contributed by atoms with Crippen molar-refractivity contribution in [2.45, 2.75) is 75.3 Å². The molecule has 1 heterocycles. The predicted molar refractivity (Wildman–Crippen MR) is 97.7 cm³/mol. The van der Waals surface area contributed by atoms with Gasteiger partial charge in [-0.15, -0.1) is 0 Å². The van der Waals surface area contributed by atoms with Crippen LogP contribution in [-0.2, 0) is 21.2 Å². The Balaban J connectivity index is 1.73. The second-order valence-corrected chi connectivity index (χ2v) is 9.01. The minimum atomic E-state index is -3.63. The number of carbonyl (C=O) groups is 1. The van der Waals surface area contributed by atoms with E-state index in [-0.39, 0.29) is 16.8 Å². The van der Waals surface area contributed by atoms with Crippen LogP contribution in [0.3, 0.4) is 0 Å². The van der Waals surface area contributed by atoms with Crippen LogP contribution in [-0.4, -0.2) is 37.3 Å². The number of carbonyl (C=O) groups excluding carboxylic acids is 1. The number of sulfonamides is 1. The van der Waals surface area contributed by atoms with Crippen molar-refractivity contribution in [1.82, 2.24) is 9.62 Å². The summed E-state index contributed by atoms with van der Waals surface area (Å²) < 4.78 is 27.4. The summed E-state index contributed by atoms with van der Waals surface area (Å²) in [6, 6.07) is 6.64. The molecule has 6 heteroatoms. The Morgan fingerprint density at radius 1 is 1.08 bits per heavy atom. The van der Waals surface area contributed by atoms with E-state index in [1.807, 2.05) is 19.1 Å². The van der Waals surface area contributed by atoms with E-state index in [0.29, 0.717) is 13.0 Å². The molecule has 1 aliphatic heterocycles. The van der Waals surface area contributed by atoms with E-state index < -0.39 is 16.1 Å². The molecule has 1 aromatic rings. The van der Waals surface area contributed by atoms with Crippen molar-refractivity contribution in [3.8, 4) is 0 Å². The number of benzene rings is 1. The van der Waals surface area contributed by atoms with Crippen molar-refractivity contribution in [2.24, 2.45) is 0 Å². The molecule has 1 amide bonds. The van der Waals surface area contributed by atoms with Crippen molar-refractivity contribution in [1.29, 1.82) is 0 Å². The van der Waals surface area contributed by atoms with Gasteiger partial charge in [0.25, 0.3) is 0 Å². The first-order chi connectivity index (χ1) is 12.0. The molecule has 0 bridgehead atoms. The SMILES string of the molecule is CCc1ccc(S(=O)(=O)N2CCC[C@@H]2C(=O)NC2CCCCC2)cc1. The van der Waals surface area contributed by atoms with E-state index in [2.05, 4.69) is 5.32 Å². The molecule has 0 spiro atoms. The summed E-state index contributed by atoms with van der Waals surface area (Å²) in [4.78, 5) is 13.0. The van der Waals surface area contributed by atoms with Gasteiger partial charge in [0.15, 0.2) is 0 Å². The van der Waals surface area contributed by atoms with Crippen LogP contribution < -0.4 is 5.32 Å². The average molecular weight is 365 g/mol. The molecular formula is C19H28N2O3S. The lowest BCUT2D eigenvalue weighted by Crippen LogP contribution is -2.49. The quantitative estimate of drug-likeness (QED) is 0.874. The lowest BCUT2D eigenvalue weighted by Gasteiger charge is -2.28. The number of nitrogens with one attached hydrogen (secondary N) is 1. The summed E-state index contributed by atoms with van der Waals surface area (Å²) in [6.45, 7) is 2.45. The van der Waals surface area contributed by atoms with E-state index in [9.17, 15) is 13.2 Å². The number of amides is 1. The van der Waals surface area contributed by atoms with Gasteiger partial charge in [0.1, 0.15) is 6.04 Å². The fourth-order valence-corrected chi connectivity index (χ4v) is 5.52. The van der Waals surface area contributed by atoms with E-state index >= 15 is 0 Å². The van der Waals surface area contributed by atoms with E-state index in [1.54, 1.807) is 12.1 Å². The van der Waals surface area contributed by atoms with Gasteiger partial charge in [-0.25, -0.2) is 8.42 Å². The van der Waals surface area contributed by atoms with Crippen LogP contribution >= 0.6 is 0 Å². The molecule has 25 heavy (non-hydrogen) atoms. The Kier molecular flexibility index (Phi) is 5.79. The van der Waals surface area contributed by atoms with Gasteiger partial charge in [-0.2, -0.15) is 4.31 Å². The van der Waals surface area contributed by atoms with Gasteiger partial charge in [0.2, 0.25) is 15.9 Å². The molecule has 1 saturated heterocycles. The molecule has 1 aliphatic carbocycles. The number of rotatable bonds is 5. The number of hydrogen-bond donors (Lipinski definition) is 1. The maximum absolute atomic E-state index is 13.0. The normalized spacial score (nSPS) is 22.8. The van der Waals surface area contributed by atoms with Crippen LogP contribution in [0.15, 0.2) is 29.2 Å². The monoisotopic (exact) mass is 364 g/mol. The van der Waals surface area contributed by atoms with Gasteiger partial charge in [-0.1, -0.05) is 38.3 Å². The number of nitrogens with zero attached hydrogens (tertiary/aromatic N) is 1. The maximum atomic E-state index is 13.0. The zero-order valence-corrected chi connectivity index (χ0v) is 15.7. The minimum Gasteiger partial charge on any atom is -0.352 e. The highest BCUT2D eigenvalue weighted by Crippen LogP contribution is 2.27. The van der Waals surface area contributed by atoms with E-state index in [1.165, 1.54) is 10.7 Å². The molecule has 1 saturated carbocycles. The van der Waals surface area contributed by atoms with Gasteiger partial charge in [0.05, 0.1) is 4.90 Å². The van der Waals surface area contributed by atoms with Gasteiger partial charge in [-0.3, -0.25) is 4.79 Å². The fourth-order valence-electron chi connectivity index (χ4n) is 3.87. The molecule has 2 aliphatic rings. The van der Waals surface area contributed by atoms with Crippen LogP contribution in [0.4, 0.5) is 0 Å². The topological polar surface area (TPSA) is 66.5 Å². The van der Waals surface area contributed by atoms with E-state index in [0.717, 1.165) is 44.1 Å². The van der Waals surface area contributed by atoms with Crippen molar-refractivity contribution in [2.75, 3.05) is 6.54 Å². The molecule has 0 radical (unpaired) electrons. The molecule has 3 rings (SSSR count). The van der Waals surface area contributed by atoms with Gasteiger partial charge in [0, 0.05) is 12.6 Å². The molecule has 1 N–H and O–H groups in total. The Hall–Kier alpha value is -1.40. The second-order valence-electron chi connectivity index (χ2n) is 7.11. The van der Waals surface area contributed by atoms with Crippen molar-refractivity contribution >= 4 is 15.9 Å². The highest BCUT2D eigenvalue weighted by molar-refractivity contribution is 7.89. The lowest BCUT2D eigenvalue weighted by molar-refractivity contribution is -0.125. The lowest BCUT2D eigenvalue weighted by atomic mass is 9.95. The smallest absolute Gasteiger partial charge is 0.243 e. The van der Waals surface area contributed by atoms with Crippen molar-refractivity contribution in [3.63, 3.8) is 0 Å². The third-order valence-electron chi connectivity index (χ3n) is 5.40. The number of aryl methyl sites for hydroxylation is 1. The summed E-state index contributed by atoms with van der Waals surface area (Å²) in [5.41, 5.74) is 1.10. The largest absolute Gasteiger partial charge is 0.352 e. The first kappa shape index (κ1) is 18.4. The van der Waals surface area contributed by atoms with Gasteiger partial charge in [-0.05, 0) is 49.8 Å². The molecule has 0 unspecified atom stereocenters. The first-order valence-electron chi connectivity index (χ1n) is 9.43. The van der Waals surface area contributed by atoms with Crippen LogP contribution in [0, 0.1) is 0 Å². The Morgan fingerprint density at radius 2 is 1.76 bits per heavy atom. The van der Waals surface area contributed by atoms with Crippen LogP contribution in [0.5, 0.6) is 0 Å². The first-order valence-corrected chi connectivity index (χ1v) is 10.9. The third kappa shape index (κ3) is 4.06. The average Bonchev–Trinajstić information content (AvgIpc) is 3.13. The highest BCUT2D eigenvalue weighted by atomic mass is 32.2. The van der Waals surface area contributed by atoms with Crippen LogP contribution in [0.1, 0.15) is 57.4 Å². The maximum Gasteiger partial charge on any atom is 0.243 e. The van der Waals surface area contributed by atoms with Gasteiger partial charge < -0.3 is 5.32 Å². The summed E-state index contributed by atoms with van der Waals surface area (Å²) in [6.07, 6.45) is 7.72. The van der Waals surface area contributed by atoms with Crippen LogP contribution in [0.2, 0.25) is 0 Å². The summed E-state index contributed by atoms with van der Waals surface area (Å²) in [7, 11) is -3.63.